The van der Waals surface area contributed by atoms with Gasteiger partial charge in [-0.3, -0.25) is 9.10 Å². The maximum atomic E-state index is 12.6. The molecule has 0 radical (unpaired) electrons. The highest BCUT2D eigenvalue weighted by molar-refractivity contribution is 7.92. The van der Waals surface area contributed by atoms with E-state index < -0.39 is 15.9 Å². The molecule has 132 valence electrons. The van der Waals surface area contributed by atoms with Crippen molar-refractivity contribution in [3.05, 3.63) is 66.7 Å². The fourth-order valence-corrected chi connectivity index (χ4v) is 2.65. The average molecular weight is 360 g/mol. The summed E-state index contributed by atoms with van der Waals surface area (Å²) in [6.07, 6.45) is 2.71. The monoisotopic (exact) mass is 360 g/mol. The summed E-state index contributed by atoms with van der Waals surface area (Å²) in [7, 11) is -2.07. The van der Waals surface area contributed by atoms with E-state index >= 15 is 0 Å². The number of ether oxygens (including phenoxy) is 1. The predicted molar refractivity (Wildman–Crippen MR) is 99.8 cm³/mol. The summed E-state index contributed by atoms with van der Waals surface area (Å²) in [5, 5.41) is 2.76. The van der Waals surface area contributed by atoms with Crippen molar-refractivity contribution in [1.29, 1.82) is 0 Å². The molecular formula is C18H20N2O4S. The first-order valence-electron chi connectivity index (χ1n) is 7.51. The van der Waals surface area contributed by atoms with Crippen LogP contribution in [0, 0.1) is 0 Å². The summed E-state index contributed by atoms with van der Waals surface area (Å²) >= 11 is 0. The number of hydrogen-bond donors (Lipinski definition) is 1. The molecule has 25 heavy (non-hydrogen) atoms. The minimum Gasteiger partial charge on any atom is -0.489 e. The largest absolute Gasteiger partial charge is 0.489 e. The van der Waals surface area contributed by atoms with Crippen molar-refractivity contribution in [1.82, 2.24) is 0 Å². The van der Waals surface area contributed by atoms with Gasteiger partial charge in [-0.25, -0.2) is 8.42 Å². The number of rotatable bonds is 7. The van der Waals surface area contributed by atoms with Gasteiger partial charge in [0, 0.05) is 18.8 Å². The zero-order valence-electron chi connectivity index (χ0n) is 14.1. The van der Waals surface area contributed by atoms with E-state index in [1.54, 1.807) is 54.6 Å². The fourth-order valence-electron chi connectivity index (χ4n) is 2.14. The minimum absolute atomic E-state index is 0.257. The van der Waals surface area contributed by atoms with Crippen LogP contribution in [0.25, 0.3) is 0 Å². The van der Waals surface area contributed by atoms with Crippen LogP contribution in [0.15, 0.2) is 61.2 Å². The molecule has 1 N–H and O–H groups in total. The molecule has 6 nitrogen and oxygen atoms in total. The molecule has 2 aromatic carbocycles. The van der Waals surface area contributed by atoms with Crippen molar-refractivity contribution in [2.45, 2.75) is 0 Å². The summed E-state index contributed by atoms with van der Waals surface area (Å²) in [4.78, 5) is 12.6. The lowest BCUT2D eigenvalue weighted by atomic mass is 10.1. The smallest absolute Gasteiger partial charge is 0.257 e. The van der Waals surface area contributed by atoms with E-state index in [1.807, 2.05) is 0 Å². The molecule has 0 bridgehead atoms. The number of hydrogen-bond acceptors (Lipinski definition) is 4. The lowest BCUT2D eigenvalue weighted by molar-refractivity contribution is 0.102. The molecule has 0 saturated heterocycles. The van der Waals surface area contributed by atoms with E-state index in [0.717, 1.165) is 10.6 Å². The maximum absolute atomic E-state index is 12.6. The Morgan fingerprint density at radius 3 is 2.64 bits per heavy atom. The van der Waals surface area contributed by atoms with Crippen molar-refractivity contribution >= 4 is 27.3 Å². The Hall–Kier alpha value is -2.80. The quantitative estimate of drug-likeness (QED) is 0.771. The molecule has 0 aliphatic heterocycles. The summed E-state index contributed by atoms with van der Waals surface area (Å²) in [5.74, 6) is 0.186. The SMILES string of the molecule is C=CCOc1cccc(NC(=O)c2ccccc2N(C)S(C)(=O)=O)c1. The minimum atomic E-state index is -3.48. The van der Waals surface area contributed by atoms with Crippen molar-refractivity contribution in [2.24, 2.45) is 0 Å². The van der Waals surface area contributed by atoms with Gasteiger partial charge in [0.25, 0.3) is 5.91 Å². The molecule has 0 aliphatic carbocycles. The van der Waals surface area contributed by atoms with Crippen molar-refractivity contribution < 1.29 is 17.9 Å². The van der Waals surface area contributed by atoms with Crippen LogP contribution in [-0.2, 0) is 10.0 Å². The Morgan fingerprint density at radius 1 is 1.24 bits per heavy atom. The summed E-state index contributed by atoms with van der Waals surface area (Å²) in [6, 6.07) is 13.4. The molecule has 7 heteroatoms. The lowest BCUT2D eigenvalue weighted by Crippen LogP contribution is -2.27. The summed E-state index contributed by atoms with van der Waals surface area (Å²) in [5.41, 5.74) is 1.11. The van der Waals surface area contributed by atoms with Crippen LogP contribution in [0.1, 0.15) is 10.4 Å². The van der Waals surface area contributed by atoms with Gasteiger partial charge in [-0.2, -0.15) is 0 Å². The summed E-state index contributed by atoms with van der Waals surface area (Å²) < 4.78 is 30.1. The second kappa shape index (κ2) is 7.85. The number of carbonyl (C=O) groups excluding carboxylic acids is 1. The molecule has 0 unspecified atom stereocenters. The van der Waals surface area contributed by atoms with E-state index in [9.17, 15) is 13.2 Å². The van der Waals surface area contributed by atoms with Crippen LogP contribution in [-0.4, -0.2) is 34.2 Å². The number of anilines is 2. The highest BCUT2D eigenvalue weighted by Gasteiger charge is 2.19. The number of carbonyl (C=O) groups is 1. The first kappa shape index (κ1) is 18.5. The number of benzene rings is 2. The van der Waals surface area contributed by atoms with Crippen molar-refractivity contribution in [3.63, 3.8) is 0 Å². The molecule has 2 rings (SSSR count). The second-order valence-electron chi connectivity index (χ2n) is 5.33. The Labute approximate surface area is 147 Å². The Balaban J connectivity index is 2.26. The highest BCUT2D eigenvalue weighted by Crippen LogP contribution is 2.23. The third-order valence-electron chi connectivity index (χ3n) is 3.45. The van der Waals surface area contributed by atoms with Crippen LogP contribution >= 0.6 is 0 Å². The molecule has 1 amide bonds. The van der Waals surface area contributed by atoms with Gasteiger partial charge in [-0.1, -0.05) is 30.9 Å². The highest BCUT2D eigenvalue weighted by atomic mass is 32.2. The normalized spacial score (nSPS) is 10.8. The maximum Gasteiger partial charge on any atom is 0.257 e. The van der Waals surface area contributed by atoms with Gasteiger partial charge in [0.1, 0.15) is 12.4 Å². The van der Waals surface area contributed by atoms with Gasteiger partial charge in [0.15, 0.2) is 0 Å². The Kier molecular flexibility index (Phi) is 5.82. The van der Waals surface area contributed by atoms with Crippen molar-refractivity contribution in [3.8, 4) is 5.75 Å². The standard InChI is InChI=1S/C18H20N2O4S/c1-4-12-24-15-9-7-8-14(13-15)19-18(21)16-10-5-6-11-17(16)20(2)25(3,22)23/h4-11,13H,1,12H2,2-3H3,(H,19,21). The number of nitrogens with zero attached hydrogens (tertiary/aromatic N) is 1. The van der Waals surface area contributed by atoms with Crippen LogP contribution in [0.5, 0.6) is 5.75 Å². The van der Waals surface area contributed by atoms with Gasteiger partial charge in [0.2, 0.25) is 10.0 Å². The van der Waals surface area contributed by atoms with Crippen LogP contribution in [0.2, 0.25) is 0 Å². The Bertz CT molecular complexity index is 878. The van der Waals surface area contributed by atoms with Crippen molar-refractivity contribution in [2.75, 3.05) is 29.5 Å². The van der Waals surface area contributed by atoms with E-state index in [1.165, 1.54) is 7.05 Å². The molecule has 0 atom stereocenters. The van der Waals surface area contributed by atoms with Gasteiger partial charge in [-0.15, -0.1) is 0 Å². The van der Waals surface area contributed by atoms with Gasteiger partial charge in [-0.05, 0) is 24.3 Å². The molecule has 0 aliphatic rings. The van der Waals surface area contributed by atoms with Gasteiger partial charge < -0.3 is 10.1 Å². The molecule has 0 heterocycles. The summed E-state index contributed by atoms with van der Waals surface area (Å²) in [6.45, 7) is 3.94. The third-order valence-corrected chi connectivity index (χ3v) is 4.64. The molecule has 0 saturated carbocycles. The number of para-hydroxylation sites is 1. The predicted octanol–water partition coefficient (Wildman–Crippen LogP) is 2.90. The fraction of sp³-hybridized carbons (Fsp3) is 0.167. The van der Waals surface area contributed by atoms with E-state index in [2.05, 4.69) is 11.9 Å². The number of amides is 1. The van der Waals surface area contributed by atoms with E-state index in [4.69, 9.17) is 4.74 Å². The molecule has 0 spiro atoms. The molecule has 2 aromatic rings. The van der Waals surface area contributed by atoms with Gasteiger partial charge in [0.05, 0.1) is 17.5 Å². The first-order valence-corrected chi connectivity index (χ1v) is 9.36. The van der Waals surface area contributed by atoms with Crippen LogP contribution in [0.3, 0.4) is 0 Å². The van der Waals surface area contributed by atoms with E-state index in [-0.39, 0.29) is 5.56 Å². The third kappa shape index (κ3) is 4.84. The molecule has 0 fully saturated rings. The van der Waals surface area contributed by atoms with Crippen LogP contribution < -0.4 is 14.4 Å². The Morgan fingerprint density at radius 2 is 1.96 bits per heavy atom. The van der Waals surface area contributed by atoms with Gasteiger partial charge >= 0.3 is 0 Å². The average Bonchev–Trinajstić information content (AvgIpc) is 2.58. The zero-order chi connectivity index (χ0) is 18.4. The van der Waals surface area contributed by atoms with E-state index in [0.29, 0.717) is 23.7 Å². The lowest BCUT2D eigenvalue weighted by Gasteiger charge is -2.19. The van der Waals surface area contributed by atoms with Crippen LogP contribution in [0.4, 0.5) is 11.4 Å². The first-order chi connectivity index (χ1) is 11.8. The molecular weight excluding hydrogens is 340 g/mol. The second-order valence-corrected chi connectivity index (χ2v) is 7.34. The zero-order valence-corrected chi connectivity index (χ0v) is 14.9. The topological polar surface area (TPSA) is 75.7 Å². The number of sulfonamides is 1. The number of nitrogens with one attached hydrogen (secondary N) is 1. The molecule has 0 aromatic heterocycles.